The molecule has 0 bridgehead atoms. The molecule has 0 aliphatic heterocycles. The van der Waals surface area contributed by atoms with Crippen LogP contribution < -0.4 is 4.74 Å². The molecule has 1 aliphatic rings. The van der Waals surface area contributed by atoms with Gasteiger partial charge in [0.25, 0.3) is 0 Å². The van der Waals surface area contributed by atoms with Gasteiger partial charge in [0.15, 0.2) is 0 Å². The number of methoxy groups -OCH3 is 1. The molecule has 0 aromatic heterocycles. The maximum absolute atomic E-state index is 9.57. The minimum atomic E-state index is 0.0296. The van der Waals surface area contributed by atoms with Crippen molar-refractivity contribution >= 4 is 0 Å². The summed E-state index contributed by atoms with van der Waals surface area (Å²) in [6, 6.07) is 4.34. The average Bonchev–Trinajstić information content (AvgIpc) is 2.16. The number of ether oxygens (including phenoxy) is 1. The molecule has 16 heavy (non-hydrogen) atoms. The Morgan fingerprint density at radius 2 is 1.81 bits per heavy atom. The Labute approximate surface area is 97.3 Å². The standard InChI is InChI=1S/C14H20O2/c1-10-7-12(8-11(2)13(10)16-3)14(9-15)5-4-6-14/h7-8,15H,4-6,9H2,1-3H3. The predicted octanol–water partition coefficient (Wildman–Crippen LogP) is 2.73. The van der Waals surface area contributed by atoms with Crippen molar-refractivity contribution in [1.82, 2.24) is 0 Å². The first-order chi connectivity index (χ1) is 7.63. The van der Waals surface area contributed by atoms with Gasteiger partial charge in [0, 0.05) is 5.41 Å². The number of benzene rings is 1. The molecule has 2 nitrogen and oxygen atoms in total. The number of aliphatic hydroxyl groups excluding tert-OH is 1. The fourth-order valence-electron chi connectivity index (χ4n) is 2.72. The van der Waals surface area contributed by atoms with Gasteiger partial charge in [-0.25, -0.2) is 0 Å². The number of hydrogen-bond acceptors (Lipinski definition) is 2. The van der Waals surface area contributed by atoms with Crippen molar-refractivity contribution in [2.75, 3.05) is 13.7 Å². The van der Waals surface area contributed by atoms with E-state index < -0.39 is 0 Å². The summed E-state index contributed by atoms with van der Waals surface area (Å²) >= 11 is 0. The highest BCUT2D eigenvalue weighted by molar-refractivity contribution is 5.46. The van der Waals surface area contributed by atoms with Crippen LogP contribution in [0.15, 0.2) is 12.1 Å². The third-order valence-electron chi connectivity index (χ3n) is 3.89. The van der Waals surface area contributed by atoms with E-state index in [1.807, 2.05) is 0 Å². The molecule has 0 unspecified atom stereocenters. The van der Waals surface area contributed by atoms with Crippen LogP contribution in [0.5, 0.6) is 5.75 Å². The van der Waals surface area contributed by atoms with Crippen LogP contribution in [-0.4, -0.2) is 18.8 Å². The Morgan fingerprint density at radius 3 is 2.12 bits per heavy atom. The minimum Gasteiger partial charge on any atom is -0.496 e. The molecule has 88 valence electrons. The molecule has 0 amide bonds. The Bertz CT molecular complexity index is 363. The van der Waals surface area contributed by atoms with Crippen molar-refractivity contribution in [1.29, 1.82) is 0 Å². The first kappa shape index (κ1) is 11.5. The molecule has 0 saturated heterocycles. The summed E-state index contributed by atoms with van der Waals surface area (Å²) in [5, 5.41) is 9.57. The Hall–Kier alpha value is -1.02. The number of hydrogen-bond donors (Lipinski definition) is 1. The summed E-state index contributed by atoms with van der Waals surface area (Å²) in [5.74, 6) is 0.969. The molecule has 1 fully saturated rings. The Kier molecular flexibility index (Phi) is 2.94. The highest BCUT2D eigenvalue weighted by Gasteiger charge is 2.38. The molecule has 2 rings (SSSR count). The molecule has 1 aromatic rings. The van der Waals surface area contributed by atoms with Gasteiger partial charge in [-0.15, -0.1) is 0 Å². The molecule has 0 heterocycles. The van der Waals surface area contributed by atoms with E-state index in [4.69, 9.17) is 4.74 Å². The Balaban J connectivity index is 2.43. The van der Waals surface area contributed by atoms with Crippen LogP contribution >= 0.6 is 0 Å². The van der Waals surface area contributed by atoms with Gasteiger partial charge in [-0.2, -0.15) is 0 Å². The molecule has 0 atom stereocenters. The van der Waals surface area contributed by atoms with Gasteiger partial charge in [-0.3, -0.25) is 0 Å². The van der Waals surface area contributed by atoms with Gasteiger partial charge in [-0.1, -0.05) is 18.6 Å². The fourth-order valence-corrected chi connectivity index (χ4v) is 2.72. The molecular formula is C14H20O2. The lowest BCUT2D eigenvalue weighted by Gasteiger charge is -2.41. The van der Waals surface area contributed by atoms with Crippen molar-refractivity contribution in [2.24, 2.45) is 0 Å². The number of rotatable bonds is 3. The zero-order valence-electron chi connectivity index (χ0n) is 10.3. The molecular weight excluding hydrogens is 200 g/mol. The van der Waals surface area contributed by atoms with Crippen LogP contribution in [-0.2, 0) is 5.41 Å². The van der Waals surface area contributed by atoms with Crippen molar-refractivity contribution in [3.8, 4) is 5.75 Å². The van der Waals surface area contributed by atoms with Gasteiger partial charge in [-0.05, 0) is 43.4 Å². The smallest absolute Gasteiger partial charge is 0.124 e. The second kappa shape index (κ2) is 4.10. The minimum absolute atomic E-state index is 0.0296. The van der Waals surface area contributed by atoms with Crippen LogP contribution in [0.4, 0.5) is 0 Å². The second-order valence-electron chi connectivity index (χ2n) is 4.94. The van der Waals surface area contributed by atoms with Crippen LogP contribution in [0.25, 0.3) is 0 Å². The van der Waals surface area contributed by atoms with Crippen LogP contribution in [0, 0.1) is 13.8 Å². The Morgan fingerprint density at radius 1 is 1.25 bits per heavy atom. The summed E-state index contributed by atoms with van der Waals surface area (Å²) < 4.78 is 5.37. The highest BCUT2D eigenvalue weighted by Crippen LogP contribution is 2.44. The van der Waals surface area contributed by atoms with E-state index in [2.05, 4.69) is 26.0 Å². The largest absolute Gasteiger partial charge is 0.496 e. The number of aryl methyl sites for hydroxylation is 2. The van der Waals surface area contributed by atoms with Crippen molar-refractivity contribution in [3.63, 3.8) is 0 Å². The molecule has 1 aliphatic carbocycles. The summed E-state index contributed by atoms with van der Waals surface area (Å²) in [5.41, 5.74) is 3.63. The predicted molar refractivity (Wildman–Crippen MR) is 65.1 cm³/mol. The molecule has 0 spiro atoms. The van der Waals surface area contributed by atoms with E-state index in [-0.39, 0.29) is 12.0 Å². The quantitative estimate of drug-likeness (QED) is 0.848. The van der Waals surface area contributed by atoms with Gasteiger partial charge in [0.1, 0.15) is 5.75 Å². The summed E-state index contributed by atoms with van der Waals surface area (Å²) in [6.45, 7) is 4.40. The topological polar surface area (TPSA) is 29.5 Å². The zero-order chi connectivity index (χ0) is 11.8. The van der Waals surface area contributed by atoms with E-state index in [1.165, 1.54) is 12.0 Å². The van der Waals surface area contributed by atoms with Crippen molar-refractivity contribution in [2.45, 2.75) is 38.5 Å². The van der Waals surface area contributed by atoms with Gasteiger partial charge in [0.2, 0.25) is 0 Å². The zero-order valence-corrected chi connectivity index (χ0v) is 10.3. The first-order valence-electron chi connectivity index (χ1n) is 5.89. The number of aliphatic hydroxyl groups is 1. The fraction of sp³-hybridized carbons (Fsp3) is 0.571. The monoisotopic (exact) mass is 220 g/mol. The lowest BCUT2D eigenvalue weighted by Crippen LogP contribution is -2.38. The second-order valence-corrected chi connectivity index (χ2v) is 4.94. The summed E-state index contributed by atoms with van der Waals surface area (Å²) in [7, 11) is 1.71. The normalized spacial score (nSPS) is 18.0. The van der Waals surface area contributed by atoms with E-state index >= 15 is 0 Å². The van der Waals surface area contributed by atoms with Crippen molar-refractivity contribution < 1.29 is 9.84 Å². The molecule has 1 aromatic carbocycles. The van der Waals surface area contributed by atoms with E-state index in [1.54, 1.807) is 7.11 Å². The van der Waals surface area contributed by atoms with Crippen LogP contribution in [0.2, 0.25) is 0 Å². The van der Waals surface area contributed by atoms with E-state index in [0.717, 1.165) is 29.7 Å². The maximum Gasteiger partial charge on any atom is 0.124 e. The summed E-state index contributed by atoms with van der Waals surface area (Å²) in [6.07, 6.45) is 3.44. The molecule has 2 heteroatoms. The molecule has 0 radical (unpaired) electrons. The van der Waals surface area contributed by atoms with E-state index in [9.17, 15) is 5.11 Å². The van der Waals surface area contributed by atoms with Gasteiger partial charge in [0.05, 0.1) is 13.7 Å². The average molecular weight is 220 g/mol. The van der Waals surface area contributed by atoms with E-state index in [0.29, 0.717) is 0 Å². The summed E-state index contributed by atoms with van der Waals surface area (Å²) in [4.78, 5) is 0. The lowest BCUT2D eigenvalue weighted by atomic mass is 9.64. The third kappa shape index (κ3) is 1.61. The molecule has 1 saturated carbocycles. The third-order valence-corrected chi connectivity index (χ3v) is 3.89. The van der Waals surface area contributed by atoms with Crippen LogP contribution in [0.1, 0.15) is 36.0 Å². The lowest BCUT2D eigenvalue weighted by molar-refractivity contribution is 0.120. The molecule has 1 N–H and O–H groups in total. The first-order valence-corrected chi connectivity index (χ1v) is 5.89. The van der Waals surface area contributed by atoms with Gasteiger partial charge >= 0.3 is 0 Å². The highest BCUT2D eigenvalue weighted by atomic mass is 16.5. The van der Waals surface area contributed by atoms with Crippen molar-refractivity contribution in [3.05, 3.63) is 28.8 Å². The maximum atomic E-state index is 9.57. The van der Waals surface area contributed by atoms with Crippen LogP contribution in [0.3, 0.4) is 0 Å². The van der Waals surface area contributed by atoms with Gasteiger partial charge < -0.3 is 9.84 Å². The SMILES string of the molecule is COc1c(C)cc(C2(CO)CCC2)cc1C.